The first-order chi connectivity index (χ1) is 12.9. The summed E-state index contributed by atoms with van der Waals surface area (Å²) in [5.41, 5.74) is 1.36. The fourth-order valence-electron chi connectivity index (χ4n) is 2.82. The van der Waals surface area contributed by atoms with E-state index in [9.17, 15) is 14.0 Å². The van der Waals surface area contributed by atoms with Gasteiger partial charge < -0.3 is 15.5 Å². The van der Waals surface area contributed by atoms with E-state index in [0.29, 0.717) is 12.1 Å². The highest BCUT2D eigenvalue weighted by molar-refractivity contribution is 5.94. The molecule has 6 heteroatoms. The summed E-state index contributed by atoms with van der Waals surface area (Å²) in [6.07, 6.45) is 0.169. The summed E-state index contributed by atoms with van der Waals surface area (Å²) in [4.78, 5) is 26.3. The Morgan fingerprint density at radius 3 is 2.41 bits per heavy atom. The zero-order valence-electron chi connectivity index (χ0n) is 15.9. The summed E-state index contributed by atoms with van der Waals surface area (Å²) in [5.74, 6) is -0.677. The number of benzene rings is 2. The van der Waals surface area contributed by atoms with E-state index in [1.54, 1.807) is 37.3 Å². The van der Waals surface area contributed by atoms with Gasteiger partial charge in [-0.1, -0.05) is 30.3 Å². The Bertz CT molecular complexity index is 765. The van der Waals surface area contributed by atoms with Crippen LogP contribution in [0.25, 0.3) is 0 Å². The Morgan fingerprint density at radius 2 is 1.78 bits per heavy atom. The van der Waals surface area contributed by atoms with Crippen LogP contribution in [0.2, 0.25) is 0 Å². The van der Waals surface area contributed by atoms with Crippen molar-refractivity contribution in [1.82, 2.24) is 15.5 Å². The molecule has 2 unspecified atom stereocenters. The van der Waals surface area contributed by atoms with E-state index in [1.165, 1.54) is 12.1 Å². The molecule has 0 aromatic heterocycles. The number of amides is 2. The molecule has 0 bridgehead atoms. The van der Waals surface area contributed by atoms with Crippen molar-refractivity contribution in [3.8, 4) is 0 Å². The zero-order valence-corrected chi connectivity index (χ0v) is 15.9. The molecule has 2 amide bonds. The first-order valence-electron chi connectivity index (χ1n) is 8.91. The van der Waals surface area contributed by atoms with Gasteiger partial charge in [-0.05, 0) is 50.8 Å². The van der Waals surface area contributed by atoms with Gasteiger partial charge >= 0.3 is 0 Å². The molecule has 2 atom stereocenters. The lowest BCUT2D eigenvalue weighted by molar-refractivity contribution is -0.121. The van der Waals surface area contributed by atoms with E-state index in [4.69, 9.17) is 0 Å². The molecule has 2 N–H and O–H groups in total. The lowest BCUT2D eigenvalue weighted by atomic mass is 10.1. The van der Waals surface area contributed by atoms with Gasteiger partial charge in [0.15, 0.2) is 0 Å². The molecule has 0 radical (unpaired) electrons. The minimum absolute atomic E-state index is 0.140. The van der Waals surface area contributed by atoms with Crippen LogP contribution in [0.1, 0.15) is 35.3 Å². The maximum absolute atomic E-state index is 13.5. The molecule has 0 aliphatic rings. The van der Waals surface area contributed by atoms with Crippen LogP contribution < -0.4 is 10.6 Å². The monoisotopic (exact) mass is 371 g/mol. The number of hydrogen-bond acceptors (Lipinski definition) is 3. The third kappa shape index (κ3) is 6.49. The highest BCUT2D eigenvalue weighted by atomic mass is 19.1. The van der Waals surface area contributed by atoms with Crippen LogP contribution in [0.4, 0.5) is 4.39 Å². The highest BCUT2D eigenvalue weighted by Gasteiger charge is 2.18. The number of likely N-dealkylation sites (N-methyl/N-ethyl adjacent to an activating group) is 1. The van der Waals surface area contributed by atoms with Crippen molar-refractivity contribution in [2.75, 3.05) is 20.6 Å². The second kappa shape index (κ2) is 9.83. The summed E-state index contributed by atoms with van der Waals surface area (Å²) < 4.78 is 13.5. The third-order valence-electron chi connectivity index (χ3n) is 4.25. The van der Waals surface area contributed by atoms with Crippen molar-refractivity contribution in [2.24, 2.45) is 0 Å². The average Bonchev–Trinajstić information content (AvgIpc) is 2.62. The zero-order chi connectivity index (χ0) is 19.8. The molecule has 27 heavy (non-hydrogen) atoms. The van der Waals surface area contributed by atoms with Crippen molar-refractivity contribution in [1.29, 1.82) is 0 Å². The Hall–Kier alpha value is -2.73. The number of nitrogens with one attached hydrogen (secondary N) is 2. The van der Waals surface area contributed by atoms with Crippen LogP contribution >= 0.6 is 0 Å². The van der Waals surface area contributed by atoms with Crippen LogP contribution in [-0.2, 0) is 4.79 Å². The molecular formula is C21H26FN3O2. The molecule has 0 fully saturated rings. The molecule has 0 heterocycles. The fraction of sp³-hybridized carbons (Fsp3) is 0.333. The van der Waals surface area contributed by atoms with Crippen LogP contribution in [0.5, 0.6) is 0 Å². The molecule has 0 saturated heterocycles. The van der Waals surface area contributed by atoms with E-state index in [-0.39, 0.29) is 36.1 Å². The normalized spacial score (nSPS) is 13.1. The smallest absolute Gasteiger partial charge is 0.251 e. The lowest BCUT2D eigenvalue weighted by Gasteiger charge is -2.25. The van der Waals surface area contributed by atoms with Gasteiger partial charge in [0.2, 0.25) is 5.91 Å². The van der Waals surface area contributed by atoms with Gasteiger partial charge in [-0.25, -0.2) is 4.39 Å². The molecule has 0 aliphatic carbocycles. The molecule has 2 aromatic carbocycles. The fourth-order valence-corrected chi connectivity index (χ4v) is 2.82. The SMILES string of the molecule is CC(CC(=O)NCC(c1cccc(F)c1)N(C)C)NC(=O)c1ccccc1. The lowest BCUT2D eigenvalue weighted by Crippen LogP contribution is -2.39. The van der Waals surface area contributed by atoms with Crippen LogP contribution in [0.15, 0.2) is 54.6 Å². The summed E-state index contributed by atoms with van der Waals surface area (Å²) in [6, 6.07) is 14.8. The molecular weight excluding hydrogens is 345 g/mol. The molecule has 2 aromatic rings. The minimum Gasteiger partial charge on any atom is -0.354 e. The quantitative estimate of drug-likeness (QED) is 0.750. The topological polar surface area (TPSA) is 61.4 Å². The predicted molar refractivity (Wildman–Crippen MR) is 104 cm³/mol. The number of carbonyl (C=O) groups is 2. The van der Waals surface area contributed by atoms with Gasteiger partial charge in [-0.15, -0.1) is 0 Å². The van der Waals surface area contributed by atoms with Gasteiger partial charge in [-0.3, -0.25) is 9.59 Å². The standard InChI is InChI=1S/C21H26FN3O2/c1-15(24-21(27)16-8-5-4-6-9-16)12-20(26)23-14-19(25(2)3)17-10-7-11-18(22)13-17/h4-11,13,15,19H,12,14H2,1-3H3,(H,23,26)(H,24,27). The van der Waals surface area contributed by atoms with Gasteiger partial charge in [0.1, 0.15) is 5.82 Å². The average molecular weight is 371 g/mol. The number of nitrogens with zero attached hydrogens (tertiary/aromatic N) is 1. The summed E-state index contributed by atoms with van der Waals surface area (Å²) in [5, 5.41) is 5.69. The number of hydrogen-bond donors (Lipinski definition) is 2. The second-order valence-electron chi connectivity index (χ2n) is 6.78. The Morgan fingerprint density at radius 1 is 1.07 bits per heavy atom. The van der Waals surface area contributed by atoms with Gasteiger partial charge in [0.05, 0.1) is 6.04 Å². The number of rotatable bonds is 8. The van der Waals surface area contributed by atoms with Crippen LogP contribution in [0.3, 0.4) is 0 Å². The van der Waals surface area contributed by atoms with E-state index in [1.807, 2.05) is 31.1 Å². The summed E-state index contributed by atoms with van der Waals surface area (Å²) in [7, 11) is 3.76. The minimum atomic E-state index is -0.303. The molecule has 0 spiro atoms. The van der Waals surface area contributed by atoms with Crippen molar-refractivity contribution >= 4 is 11.8 Å². The molecule has 0 aliphatic heterocycles. The van der Waals surface area contributed by atoms with E-state index in [2.05, 4.69) is 10.6 Å². The summed E-state index contributed by atoms with van der Waals surface area (Å²) in [6.45, 7) is 2.14. The Balaban J connectivity index is 1.86. The van der Waals surface area contributed by atoms with Crippen molar-refractivity contribution in [3.05, 3.63) is 71.5 Å². The molecule has 144 valence electrons. The van der Waals surface area contributed by atoms with Crippen molar-refractivity contribution in [2.45, 2.75) is 25.4 Å². The number of halogens is 1. The predicted octanol–water partition coefficient (Wildman–Crippen LogP) is 2.75. The maximum atomic E-state index is 13.5. The van der Waals surface area contributed by atoms with Crippen LogP contribution in [0, 0.1) is 5.82 Å². The van der Waals surface area contributed by atoms with Gasteiger partial charge in [-0.2, -0.15) is 0 Å². The second-order valence-corrected chi connectivity index (χ2v) is 6.78. The largest absolute Gasteiger partial charge is 0.354 e. The van der Waals surface area contributed by atoms with E-state index < -0.39 is 0 Å². The van der Waals surface area contributed by atoms with E-state index >= 15 is 0 Å². The third-order valence-corrected chi connectivity index (χ3v) is 4.25. The highest BCUT2D eigenvalue weighted by Crippen LogP contribution is 2.18. The molecule has 2 rings (SSSR count). The van der Waals surface area contributed by atoms with Crippen molar-refractivity contribution < 1.29 is 14.0 Å². The molecule has 5 nitrogen and oxygen atoms in total. The number of carbonyl (C=O) groups excluding carboxylic acids is 2. The first-order valence-corrected chi connectivity index (χ1v) is 8.91. The Kier molecular flexibility index (Phi) is 7.49. The maximum Gasteiger partial charge on any atom is 0.251 e. The summed E-state index contributed by atoms with van der Waals surface area (Å²) >= 11 is 0. The van der Waals surface area contributed by atoms with Gasteiger partial charge in [0, 0.05) is 24.6 Å². The van der Waals surface area contributed by atoms with E-state index in [0.717, 1.165) is 5.56 Å². The van der Waals surface area contributed by atoms with Crippen LogP contribution in [-0.4, -0.2) is 43.4 Å². The van der Waals surface area contributed by atoms with Gasteiger partial charge in [0.25, 0.3) is 5.91 Å². The Labute approximate surface area is 159 Å². The first kappa shape index (κ1) is 20.6. The van der Waals surface area contributed by atoms with Crippen molar-refractivity contribution in [3.63, 3.8) is 0 Å². The molecule has 0 saturated carbocycles.